The first kappa shape index (κ1) is 27.1. The van der Waals surface area contributed by atoms with Gasteiger partial charge in [-0.3, -0.25) is 14.2 Å². The highest BCUT2D eigenvalue weighted by Crippen LogP contribution is 2.28. The first-order valence-electron chi connectivity index (χ1n) is 11.1. The number of hydrogen-bond donors (Lipinski definition) is 2. The van der Waals surface area contributed by atoms with Crippen molar-refractivity contribution in [1.82, 2.24) is 4.90 Å². The van der Waals surface area contributed by atoms with E-state index in [9.17, 15) is 21.6 Å². The van der Waals surface area contributed by atoms with E-state index in [2.05, 4.69) is 9.44 Å². The summed E-state index contributed by atoms with van der Waals surface area (Å²) in [5.41, 5.74) is 0.468. The molecule has 4 rings (SSSR count). The third-order valence-corrected chi connectivity index (χ3v) is 8.85. The number of benzene rings is 3. The Bertz CT molecular complexity index is 1520. The lowest BCUT2D eigenvalue weighted by atomic mass is 10.1. The summed E-state index contributed by atoms with van der Waals surface area (Å²) in [7, 11) is -6.68. The Balaban J connectivity index is 1.54. The fourth-order valence-corrected chi connectivity index (χ4v) is 6.51. The largest absolute Gasteiger partial charge is 0.496 e. The van der Waals surface area contributed by atoms with E-state index >= 15 is 0 Å². The summed E-state index contributed by atoms with van der Waals surface area (Å²) in [6.45, 7) is 1.21. The zero-order valence-corrected chi connectivity index (χ0v) is 22.7. The first-order chi connectivity index (χ1) is 17.5. The van der Waals surface area contributed by atoms with E-state index in [0.29, 0.717) is 13.1 Å². The van der Waals surface area contributed by atoms with Crippen LogP contribution in [-0.2, 0) is 20.0 Å². The predicted octanol–water partition coefficient (Wildman–Crippen LogP) is 4.84. The van der Waals surface area contributed by atoms with E-state index in [4.69, 9.17) is 27.9 Å². The maximum absolute atomic E-state index is 13.1. The van der Waals surface area contributed by atoms with Crippen LogP contribution in [0.1, 0.15) is 23.2 Å². The third kappa shape index (κ3) is 6.30. The number of methoxy groups -OCH3 is 1. The molecule has 37 heavy (non-hydrogen) atoms. The number of carbonyl (C=O) groups is 1. The number of carbonyl (C=O) groups excluding carboxylic acids is 1. The Morgan fingerprint density at radius 2 is 1.32 bits per heavy atom. The fourth-order valence-electron chi connectivity index (χ4n) is 3.85. The number of likely N-dealkylation sites (tertiary alicyclic amines) is 1. The molecule has 3 aromatic rings. The minimum absolute atomic E-state index is 0.102. The van der Waals surface area contributed by atoms with Gasteiger partial charge >= 0.3 is 0 Å². The van der Waals surface area contributed by atoms with Crippen molar-refractivity contribution in [3.8, 4) is 5.75 Å². The van der Waals surface area contributed by atoms with Crippen LogP contribution in [0.4, 0.5) is 11.4 Å². The van der Waals surface area contributed by atoms with E-state index in [1.165, 1.54) is 67.8 Å². The summed E-state index contributed by atoms with van der Waals surface area (Å²) in [5, 5.41) is 0.526. The number of ether oxygens (including phenoxy) is 1. The van der Waals surface area contributed by atoms with Gasteiger partial charge < -0.3 is 9.64 Å². The van der Waals surface area contributed by atoms with Crippen LogP contribution in [0.25, 0.3) is 0 Å². The molecule has 3 aromatic carbocycles. The van der Waals surface area contributed by atoms with E-state index in [-0.39, 0.29) is 48.4 Å². The number of halogens is 2. The van der Waals surface area contributed by atoms with Gasteiger partial charge in [0, 0.05) is 28.8 Å². The Kier molecular flexibility index (Phi) is 7.88. The predicted molar refractivity (Wildman–Crippen MR) is 143 cm³/mol. The molecule has 1 saturated heterocycles. The molecule has 0 saturated carbocycles. The summed E-state index contributed by atoms with van der Waals surface area (Å²) in [6, 6.07) is 13.5. The van der Waals surface area contributed by atoms with Crippen molar-refractivity contribution >= 4 is 60.5 Å². The number of rotatable bonds is 8. The molecule has 13 heteroatoms. The van der Waals surface area contributed by atoms with Crippen molar-refractivity contribution in [2.45, 2.75) is 22.6 Å². The smallest absolute Gasteiger partial charge is 0.261 e. The van der Waals surface area contributed by atoms with Crippen molar-refractivity contribution in [2.24, 2.45) is 0 Å². The summed E-state index contributed by atoms with van der Waals surface area (Å²) < 4.78 is 61.6. The highest BCUT2D eigenvalue weighted by molar-refractivity contribution is 7.93. The minimum Gasteiger partial charge on any atom is -0.496 e. The summed E-state index contributed by atoms with van der Waals surface area (Å²) in [6.07, 6.45) is 1.78. The van der Waals surface area contributed by atoms with Crippen LogP contribution in [0.5, 0.6) is 5.75 Å². The van der Waals surface area contributed by atoms with Crippen LogP contribution in [-0.4, -0.2) is 47.8 Å². The van der Waals surface area contributed by atoms with Crippen molar-refractivity contribution in [2.75, 3.05) is 29.6 Å². The molecule has 9 nitrogen and oxygen atoms in total. The van der Waals surface area contributed by atoms with Gasteiger partial charge in [0.25, 0.3) is 26.0 Å². The van der Waals surface area contributed by atoms with Gasteiger partial charge in [-0.2, -0.15) is 0 Å². The highest BCUT2D eigenvalue weighted by atomic mass is 35.5. The van der Waals surface area contributed by atoms with Crippen molar-refractivity contribution in [1.29, 1.82) is 0 Å². The van der Waals surface area contributed by atoms with Gasteiger partial charge in [0.15, 0.2) is 0 Å². The molecule has 0 spiro atoms. The topological polar surface area (TPSA) is 122 Å². The van der Waals surface area contributed by atoms with E-state index in [0.717, 1.165) is 12.8 Å². The normalized spacial score (nSPS) is 13.9. The van der Waals surface area contributed by atoms with E-state index in [1.807, 2.05) is 0 Å². The molecule has 0 atom stereocenters. The summed E-state index contributed by atoms with van der Waals surface area (Å²) >= 11 is 11.8. The fraction of sp³-hybridized carbons (Fsp3) is 0.208. The molecule has 1 heterocycles. The van der Waals surface area contributed by atoms with Gasteiger partial charge in [-0.05, 0) is 73.5 Å². The SMILES string of the molecule is COc1ccc(S(=O)(=O)Nc2ccc(S(=O)(=O)Nc3cc(Cl)cc(Cl)c3)cc2)cc1C(=O)N1CCCC1. The van der Waals surface area contributed by atoms with Crippen molar-refractivity contribution < 1.29 is 26.4 Å². The molecule has 1 fully saturated rings. The van der Waals surface area contributed by atoms with Gasteiger partial charge in [0.1, 0.15) is 5.75 Å². The van der Waals surface area contributed by atoms with Crippen LogP contribution in [0, 0.1) is 0 Å². The standard InChI is InChI=1S/C24H23Cl2N3O6S2/c1-35-23-9-8-21(15-22(23)24(30)29-10-2-3-11-29)37(33,34)27-18-4-6-20(7-5-18)36(31,32)28-19-13-16(25)12-17(26)14-19/h4-9,12-15,27-28H,2-3,10-11H2,1H3. The number of nitrogens with one attached hydrogen (secondary N) is 2. The maximum atomic E-state index is 13.1. The number of amides is 1. The van der Waals surface area contributed by atoms with Gasteiger partial charge in [0.2, 0.25) is 0 Å². The Labute approximate surface area is 225 Å². The van der Waals surface area contributed by atoms with Crippen LogP contribution in [0.15, 0.2) is 70.5 Å². The zero-order valence-electron chi connectivity index (χ0n) is 19.6. The van der Waals surface area contributed by atoms with Gasteiger partial charge in [-0.1, -0.05) is 23.2 Å². The summed E-state index contributed by atoms with van der Waals surface area (Å²) in [5.74, 6) is -0.0200. The average Bonchev–Trinajstić information content (AvgIpc) is 3.37. The quantitative estimate of drug-likeness (QED) is 0.391. The van der Waals surface area contributed by atoms with Gasteiger partial charge in [0.05, 0.1) is 28.2 Å². The average molecular weight is 585 g/mol. The molecule has 1 amide bonds. The second kappa shape index (κ2) is 10.8. The van der Waals surface area contributed by atoms with Crippen LogP contribution in [0.2, 0.25) is 10.0 Å². The molecular formula is C24H23Cl2N3O6S2. The Morgan fingerprint density at radius 1 is 0.784 bits per heavy atom. The molecule has 1 aliphatic heterocycles. The highest BCUT2D eigenvalue weighted by Gasteiger charge is 2.25. The molecule has 0 bridgehead atoms. The maximum Gasteiger partial charge on any atom is 0.261 e. The third-order valence-electron chi connectivity index (χ3n) is 5.64. The zero-order chi connectivity index (χ0) is 26.8. The molecule has 0 aliphatic carbocycles. The number of hydrogen-bond acceptors (Lipinski definition) is 6. The minimum atomic E-state index is -4.09. The lowest BCUT2D eigenvalue weighted by Crippen LogP contribution is -2.28. The molecular weight excluding hydrogens is 561 g/mol. The van der Waals surface area contributed by atoms with Gasteiger partial charge in [-0.15, -0.1) is 0 Å². The lowest BCUT2D eigenvalue weighted by molar-refractivity contribution is 0.0789. The first-order valence-corrected chi connectivity index (χ1v) is 14.8. The molecule has 0 unspecified atom stereocenters. The monoisotopic (exact) mass is 583 g/mol. The molecule has 196 valence electrons. The lowest BCUT2D eigenvalue weighted by Gasteiger charge is -2.18. The second-order valence-corrected chi connectivity index (χ2v) is 12.5. The summed E-state index contributed by atoms with van der Waals surface area (Å²) in [4.78, 5) is 14.3. The molecule has 0 radical (unpaired) electrons. The van der Waals surface area contributed by atoms with Crippen molar-refractivity contribution in [3.63, 3.8) is 0 Å². The molecule has 1 aliphatic rings. The van der Waals surface area contributed by atoms with Crippen LogP contribution >= 0.6 is 23.2 Å². The Hall–Kier alpha value is -2.99. The Morgan fingerprint density at radius 3 is 1.92 bits per heavy atom. The number of anilines is 2. The van der Waals surface area contributed by atoms with E-state index < -0.39 is 20.0 Å². The van der Waals surface area contributed by atoms with Crippen LogP contribution in [0.3, 0.4) is 0 Å². The second-order valence-electron chi connectivity index (χ2n) is 8.25. The van der Waals surface area contributed by atoms with Crippen LogP contribution < -0.4 is 14.2 Å². The molecule has 0 aromatic heterocycles. The number of nitrogens with zero attached hydrogens (tertiary/aromatic N) is 1. The van der Waals surface area contributed by atoms with Gasteiger partial charge in [-0.25, -0.2) is 16.8 Å². The van der Waals surface area contributed by atoms with E-state index in [1.54, 1.807) is 4.90 Å². The molecule has 2 N–H and O–H groups in total. The van der Waals surface area contributed by atoms with Crippen molar-refractivity contribution in [3.05, 3.63) is 76.3 Å². The number of sulfonamides is 2.